The van der Waals surface area contributed by atoms with E-state index in [9.17, 15) is 0 Å². The Balaban J connectivity index is 0. The molecule has 60 heteroatoms. The number of rotatable bonds is 0. The van der Waals surface area contributed by atoms with Gasteiger partial charge in [0.25, 0.3) is 0 Å². The van der Waals surface area contributed by atoms with E-state index in [-0.39, 0.29) is 774 Å². The van der Waals surface area contributed by atoms with E-state index in [2.05, 4.69) is 0 Å². The second-order valence-corrected chi connectivity index (χ2v) is 0. The molecule has 0 unspecified atom stereocenters. The number of hydrogen-bond acceptors (Lipinski definition) is 12. The van der Waals surface area contributed by atoms with Crippen molar-refractivity contribution in [1.82, 2.24) is 0 Å². The molecule has 0 bridgehead atoms. The van der Waals surface area contributed by atoms with Gasteiger partial charge in [-0.25, -0.2) is 0 Å². The average molecular weight is 2900 g/mol. The van der Waals surface area contributed by atoms with Gasteiger partial charge in [-0.1, -0.05) is 0 Å². The third-order valence-corrected chi connectivity index (χ3v) is 0. The first-order chi connectivity index (χ1) is 0. The second-order valence-electron chi connectivity index (χ2n) is 0. The molecule has 0 fully saturated rings. The monoisotopic (exact) mass is 2930 g/mol. The van der Waals surface area contributed by atoms with Crippen molar-refractivity contribution in [3.05, 3.63) is 0 Å². The molecular weight excluding hydrogens is 2850 g/mol. The molecule has 48 N–H and O–H groups in total. The normalized spacial score (nSPS) is 0. The SMILES string of the molecule is O.O.O.O.O.O.O.O.O.O.O.O.O.O.O.O.O.O.[Ba+2].[Ba+2].[Ba+2].[Ge].[Ge].[Ge].[Ge].[Mn+2].[Mn+2].[Mn+2].[Mn+2].[Mn+2].[Mn+2].[OH-].[OH-].[OH-].[OH-].[OH-].[OH-].[OH-].[OH-].[OH-].[OH-].[OH-].[OH-].[Se-2].[Se-].[Se-].[Se-].[Se-].[Se-].[Se-].[Se-].[Se-].[Se-].[Se-].[Se-].[Se-].[Se-].[Se-].[Se-].[Se-]. The fourth-order valence-electron chi connectivity index (χ4n) is 0. The van der Waals surface area contributed by atoms with Crippen molar-refractivity contribution < 1.29 is 267 Å². The van der Waals surface area contributed by atoms with Crippen molar-refractivity contribution in [3.63, 3.8) is 0 Å². The zero-order valence-electron chi connectivity index (χ0n) is 27.7. The Labute approximate surface area is 756 Å². The molecule has 0 amide bonds. The van der Waals surface area contributed by atoms with Crippen LogP contribution in [0.3, 0.4) is 0 Å². The van der Waals surface area contributed by atoms with Crippen LogP contribution >= 0.6 is 0 Å². The van der Waals surface area contributed by atoms with Gasteiger partial charge in [0.1, 0.15) is 0 Å². The van der Waals surface area contributed by atoms with Crippen molar-refractivity contribution in [1.29, 1.82) is 0 Å². The minimum Gasteiger partial charge on any atom is -2.00 e. The molecule has 0 aromatic carbocycles. The minimum atomic E-state index is 0. The summed E-state index contributed by atoms with van der Waals surface area (Å²) in [5.41, 5.74) is 0. The third-order valence-electron chi connectivity index (χ3n) is 0. The smallest absolute Gasteiger partial charge is 2.00 e. The van der Waals surface area contributed by atoms with Gasteiger partial charge in [0, 0.05) is 70.4 Å². The minimum absolute atomic E-state index is 0. The summed E-state index contributed by atoms with van der Waals surface area (Å²) in [6.45, 7) is 0. The van der Waals surface area contributed by atoms with E-state index in [1.807, 2.05) is 0 Å². The standard InChI is InChI=1S/3Ba.4Ge.6Mn.30H2O.17Se/h;;;;;;;;;;;;;30*1H2;;;;;;;;;;;;;;;;;/q3*+2;;;;;6*+2;;;;;;;;;;;;;;;;;;;;;;;;;;;;;;;-2;16*-1/p-12. The molecule has 406 valence electrons. The summed E-state index contributed by atoms with van der Waals surface area (Å²) in [5, 5.41) is 0. The fourth-order valence-corrected chi connectivity index (χ4v) is 0. The van der Waals surface area contributed by atoms with Crippen LogP contribution in [0.1, 0.15) is 0 Å². The average Bonchev–Trinajstić information content (AvgIpc) is 0. The molecule has 0 aliphatic rings. The maximum absolute atomic E-state index is 0. The zero-order chi connectivity index (χ0) is 0. The fraction of sp³-hybridized carbons (Fsp3) is 0. The molecule has 38 radical (unpaired) electrons. The zero-order valence-corrected chi connectivity index (χ0v) is 85.6. The van der Waals surface area contributed by atoms with E-state index < -0.39 is 0 Å². The molecule has 30 nitrogen and oxygen atoms in total. The third kappa shape index (κ3) is 1350. The van der Waals surface area contributed by atoms with Gasteiger partial charge in [0.2, 0.25) is 0 Å². The van der Waals surface area contributed by atoms with Gasteiger partial charge >= 0.3 is 249 Å². The van der Waals surface area contributed by atoms with Crippen molar-refractivity contribution in [2.45, 2.75) is 0 Å². The van der Waals surface area contributed by atoms with Crippen LogP contribution in [-0.4, -0.2) is 671 Å². The molecule has 0 aliphatic heterocycles. The van der Waals surface area contributed by atoms with Crippen LogP contribution in [0.5, 0.6) is 0 Å². The summed E-state index contributed by atoms with van der Waals surface area (Å²) >= 11 is 0. The van der Waals surface area contributed by atoms with Crippen LogP contribution in [0.4, 0.5) is 0 Å². The van der Waals surface area contributed by atoms with Crippen molar-refractivity contribution in [2.24, 2.45) is 0 Å². The van der Waals surface area contributed by atoms with Gasteiger partial charge in [0.05, 0.1) is 0 Å². The molecular formula is H48Ba3Ge4Mn6O30Se17-12. The first-order valence-electron chi connectivity index (χ1n) is 0. The molecule has 0 spiro atoms. The van der Waals surface area contributed by atoms with Gasteiger partial charge in [-0.2, -0.15) is 0 Å². The van der Waals surface area contributed by atoms with Gasteiger partial charge in [-0.05, 0) is 0 Å². The van der Waals surface area contributed by atoms with Crippen molar-refractivity contribution >= 4 is 507 Å². The Hall–Kier alpha value is 17.6. The predicted molar refractivity (Wildman–Crippen MR) is 226 cm³/mol. The Morgan fingerprint density at radius 3 is 0.117 bits per heavy atom. The summed E-state index contributed by atoms with van der Waals surface area (Å²) in [4.78, 5) is 0. The van der Waals surface area contributed by atoms with Crippen LogP contribution in [-0.2, 0) is 102 Å². The van der Waals surface area contributed by atoms with Gasteiger partial charge < -0.3 is 454 Å². The summed E-state index contributed by atoms with van der Waals surface area (Å²) in [7, 11) is 0. The first-order valence-corrected chi connectivity index (χ1v) is 0. The van der Waals surface area contributed by atoms with E-state index in [0.29, 0.717) is 0 Å². The van der Waals surface area contributed by atoms with Crippen molar-refractivity contribution in [3.8, 4) is 0 Å². The maximum atomic E-state index is 0. The van der Waals surface area contributed by atoms with E-state index in [4.69, 9.17) is 0 Å². The predicted octanol–water partition coefficient (Wildman–Crippen LogP) is -26.1. The van der Waals surface area contributed by atoms with Gasteiger partial charge in [-0.15, -0.1) is 0 Å². The van der Waals surface area contributed by atoms with Crippen LogP contribution in [0.2, 0.25) is 0 Å². The molecule has 0 rings (SSSR count). The van der Waals surface area contributed by atoms with E-state index in [1.54, 1.807) is 0 Å². The molecule has 0 aromatic heterocycles. The van der Waals surface area contributed by atoms with E-state index in [0.717, 1.165) is 0 Å². The summed E-state index contributed by atoms with van der Waals surface area (Å²) in [6, 6.07) is 0. The number of hydrogen-bond donors (Lipinski definition) is 0. The molecule has 0 aromatic rings. The topological polar surface area (TPSA) is 927 Å². The summed E-state index contributed by atoms with van der Waals surface area (Å²) in [6.07, 6.45) is 0. The van der Waals surface area contributed by atoms with Gasteiger partial charge in [-0.3, -0.25) is 0 Å². The second kappa shape index (κ2) is 1410. The Kier molecular flexibility index (Phi) is 34500. The molecule has 0 saturated carbocycles. The van der Waals surface area contributed by atoms with Gasteiger partial charge in [0.15, 0.2) is 0 Å². The first kappa shape index (κ1) is 1470. The van der Waals surface area contributed by atoms with Crippen LogP contribution in [0.15, 0.2) is 0 Å². The molecule has 0 aliphatic carbocycles. The largest absolute Gasteiger partial charge is 2.00 e. The quantitative estimate of drug-likeness (QED) is 0.204. The molecule has 0 atom stereocenters. The Morgan fingerprint density at radius 1 is 0.117 bits per heavy atom. The summed E-state index contributed by atoms with van der Waals surface area (Å²) < 4.78 is 0. The molecule has 0 saturated heterocycles. The Bertz CT molecular complexity index is 109. The van der Waals surface area contributed by atoms with E-state index in [1.165, 1.54) is 0 Å². The van der Waals surface area contributed by atoms with Crippen LogP contribution < -0.4 is 0 Å². The Morgan fingerprint density at radius 2 is 0.117 bits per heavy atom. The van der Waals surface area contributed by atoms with Crippen molar-refractivity contribution in [2.75, 3.05) is 0 Å². The van der Waals surface area contributed by atoms with Crippen LogP contribution in [0, 0.1) is 0 Å². The van der Waals surface area contributed by atoms with Crippen LogP contribution in [0.25, 0.3) is 0 Å². The van der Waals surface area contributed by atoms with E-state index >= 15 is 0 Å². The summed E-state index contributed by atoms with van der Waals surface area (Å²) in [5.74, 6) is 0. The maximum Gasteiger partial charge on any atom is 2.00 e. The molecule has 60 heavy (non-hydrogen) atoms. The molecule has 0 heterocycles.